The molecule has 0 bridgehead atoms. The summed E-state index contributed by atoms with van der Waals surface area (Å²) in [5, 5.41) is 0.914. The first kappa shape index (κ1) is 7.73. The summed E-state index contributed by atoms with van der Waals surface area (Å²) in [7, 11) is 0. The first-order chi connectivity index (χ1) is 4.72. The van der Waals surface area contributed by atoms with Gasteiger partial charge in [0.1, 0.15) is 0 Å². The van der Waals surface area contributed by atoms with E-state index < -0.39 is 0 Å². The average molecular weight is 200 g/mol. The van der Waals surface area contributed by atoms with Crippen LogP contribution in [-0.4, -0.2) is 4.98 Å². The Balaban J connectivity index is 3.06. The van der Waals surface area contributed by atoms with Crippen LogP contribution in [0.1, 0.15) is 17.0 Å². The monoisotopic (exact) mass is 199 g/mol. The summed E-state index contributed by atoms with van der Waals surface area (Å²) in [5.74, 6) is 0. The van der Waals surface area contributed by atoms with E-state index in [1.54, 1.807) is 0 Å². The molecule has 1 aromatic rings. The van der Waals surface area contributed by atoms with E-state index in [4.69, 9.17) is 0 Å². The normalized spacial score (nSPS) is 9.90. The van der Waals surface area contributed by atoms with Crippen molar-refractivity contribution < 1.29 is 0 Å². The molecular formula is C8H10BrN. The highest BCUT2D eigenvalue weighted by molar-refractivity contribution is 9.08. The number of alkyl halides is 1. The van der Waals surface area contributed by atoms with Gasteiger partial charge in [-0.2, -0.15) is 0 Å². The van der Waals surface area contributed by atoms with Crippen LogP contribution >= 0.6 is 15.9 Å². The van der Waals surface area contributed by atoms with Gasteiger partial charge in [0.05, 0.1) is 0 Å². The fourth-order valence-electron chi connectivity index (χ4n) is 0.998. The molecule has 2 heteroatoms. The van der Waals surface area contributed by atoms with E-state index in [0.29, 0.717) is 0 Å². The molecule has 1 heterocycles. The number of pyridine rings is 1. The molecule has 0 aliphatic heterocycles. The molecule has 0 saturated heterocycles. The zero-order valence-corrected chi connectivity index (χ0v) is 7.77. The highest BCUT2D eigenvalue weighted by Gasteiger charge is 1.93. The topological polar surface area (TPSA) is 12.9 Å². The zero-order valence-electron chi connectivity index (χ0n) is 6.19. The predicted molar refractivity (Wildman–Crippen MR) is 46.3 cm³/mol. The molecule has 0 spiro atoms. The smallest absolute Gasteiger partial charge is 0.0378 e. The molecule has 54 valence electrons. The van der Waals surface area contributed by atoms with Crippen LogP contribution in [0.15, 0.2) is 12.1 Å². The first-order valence-corrected chi connectivity index (χ1v) is 4.34. The van der Waals surface area contributed by atoms with Crippen LogP contribution in [-0.2, 0) is 5.33 Å². The predicted octanol–water partition coefficient (Wildman–Crippen LogP) is 2.59. The number of rotatable bonds is 1. The second kappa shape index (κ2) is 3.15. The van der Waals surface area contributed by atoms with E-state index in [1.165, 1.54) is 5.56 Å². The number of hydrogen-bond donors (Lipinski definition) is 0. The second-order valence-electron chi connectivity index (χ2n) is 2.39. The van der Waals surface area contributed by atoms with Crippen LogP contribution in [0.2, 0.25) is 0 Å². The Bertz CT molecular complexity index is 212. The van der Waals surface area contributed by atoms with Crippen molar-refractivity contribution in [2.24, 2.45) is 0 Å². The van der Waals surface area contributed by atoms with Crippen molar-refractivity contribution in [3.63, 3.8) is 0 Å². The van der Waals surface area contributed by atoms with Crippen molar-refractivity contribution in [2.45, 2.75) is 19.2 Å². The molecule has 0 N–H and O–H groups in total. The van der Waals surface area contributed by atoms with Gasteiger partial charge in [-0.3, -0.25) is 4.98 Å². The SMILES string of the molecule is Cc1cc(CBr)cc(C)n1. The van der Waals surface area contributed by atoms with Crippen LogP contribution in [0.25, 0.3) is 0 Å². The Morgan fingerprint density at radius 3 is 2.20 bits per heavy atom. The van der Waals surface area contributed by atoms with Gasteiger partial charge in [0.25, 0.3) is 0 Å². The summed E-state index contributed by atoms with van der Waals surface area (Å²) in [4.78, 5) is 4.26. The maximum atomic E-state index is 4.26. The van der Waals surface area contributed by atoms with Gasteiger partial charge < -0.3 is 0 Å². The second-order valence-corrected chi connectivity index (χ2v) is 2.95. The highest BCUT2D eigenvalue weighted by atomic mass is 79.9. The maximum Gasteiger partial charge on any atom is 0.0378 e. The number of aryl methyl sites for hydroxylation is 2. The van der Waals surface area contributed by atoms with E-state index in [-0.39, 0.29) is 0 Å². The zero-order chi connectivity index (χ0) is 7.56. The summed E-state index contributed by atoms with van der Waals surface area (Å²) in [6.07, 6.45) is 0. The Morgan fingerprint density at radius 1 is 1.30 bits per heavy atom. The molecule has 0 amide bonds. The van der Waals surface area contributed by atoms with Crippen molar-refractivity contribution in [3.05, 3.63) is 29.1 Å². The lowest BCUT2D eigenvalue weighted by Crippen LogP contribution is -1.88. The molecule has 0 aliphatic carbocycles. The van der Waals surface area contributed by atoms with E-state index in [2.05, 4.69) is 33.0 Å². The molecule has 10 heavy (non-hydrogen) atoms. The molecule has 0 aliphatic rings. The third-order valence-corrected chi connectivity index (χ3v) is 1.94. The van der Waals surface area contributed by atoms with Crippen molar-refractivity contribution >= 4 is 15.9 Å². The van der Waals surface area contributed by atoms with Gasteiger partial charge in [-0.15, -0.1) is 0 Å². The molecule has 1 rings (SSSR count). The van der Waals surface area contributed by atoms with Crippen molar-refractivity contribution in [2.75, 3.05) is 0 Å². The summed E-state index contributed by atoms with van der Waals surface area (Å²) in [5.41, 5.74) is 3.48. The quantitative estimate of drug-likeness (QED) is 0.635. The van der Waals surface area contributed by atoms with Gasteiger partial charge >= 0.3 is 0 Å². The van der Waals surface area contributed by atoms with Crippen LogP contribution in [0.4, 0.5) is 0 Å². The fraction of sp³-hybridized carbons (Fsp3) is 0.375. The third-order valence-electron chi connectivity index (χ3n) is 1.30. The molecule has 1 aromatic heterocycles. The van der Waals surface area contributed by atoms with Gasteiger partial charge in [-0.25, -0.2) is 0 Å². The molecular weight excluding hydrogens is 190 g/mol. The Labute approximate surface area is 69.6 Å². The lowest BCUT2D eigenvalue weighted by atomic mass is 10.2. The fourth-order valence-corrected chi connectivity index (χ4v) is 1.32. The summed E-state index contributed by atoms with van der Waals surface area (Å²) in [6.45, 7) is 4.03. The van der Waals surface area contributed by atoms with E-state index in [1.807, 2.05) is 13.8 Å². The van der Waals surface area contributed by atoms with Crippen LogP contribution < -0.4 is 0 Å². The van der Waals surface area contributed by atoms with Crippen molar-refractivity contribution in [1.82, 2.24) is 4.98 Å². The third kappa shape index (κ3) is 1.81. The summed E-state index contributed by atoms with van der Waals surface area (Å²) in [6, 6.07) is 4.17. The van der Waals surface area contributed by atoms with Crippen LogP contribution in [0.5, 0.6) is 0 Å². The maximum absolute atomic E-state index is 4.26. The Kier molecular flexibility index (Phi) is 2.44. The molecule has 0 unspecified atom stereocenters. The minimum Gasteiger partial charge on any atom is -0.258 e. The lowest BCUT2D eigenvalue weighted by Gasteiger charge is -1.98. The van der Waals surface area contributed by atoms with Gasteiger partial charge in [-0.1, -0.05) is 15.9 Å². The molecule has 0 saturated carbocycles. The van der Waals surface area contributed by atoms with Gasteiger partial charge in [0.2, 0.25) is 0 Å². The van der Waals surface area contributed by atoms with Crippen LogP contribution in [0, 0.1) is 13.8 Å². The molecule has 0 fully saturated rings. The molecule has 0 aromatic carbocycles. The first-order valence-electron chi connectivity index (χ1n) is 3.22. The minimum absolute atomic E-state index is 0.914. The van der Waals surface area contributed by atoms with E-state index in [0.717, 1.165) is 16.7 Å². The average Bonchev–Trinajstić information content (AvgIpc) is 1.85. The standard InChI is InChI=1S/C8H10BrN/c1-6-3-8(5-9)4-7(2)10-6/h3-4H,5H2,1-2H3. The Morgan fingerprint density at radius 2 is 1.80 bits per heavy atom. The van der Waals surface area contributed by atoms with E-state index in [9.17, 15) is 0 Å². The van der Waals surface area contributed by atoms with Gasteiger partial charge in [0, 0.05) is 16.7 Å². The number of hydrogen-bond acceptors (Lipinski definition) is 1. The number of halogens is 1. The Hall–Kier alpha value is -0.370. The van der Waals surface area contributed by atoms with Crippen LogP contribution in [0.3, 0.4) is 0 Å². The van der Waals surface area contributed by atoms with Crippen molar-refractivity contribution in [1.29, 1.82) is 0 Å². The summed E-state index contributed by atoms with van der Waals surface area (Å²) >= 11 is 3.40. The van der Waals surface area contributed by atoms with Crippen molar-refractivity contribution in [3.8, 4) is 0 Å². The minimum atomic E-state index is 0.914. The largest absolute Gasteiger partial charge is 0.258 e. The molecule has 0 atom stereocenters. The summed E-state index contributed by atoms with van der Waals surface area (Å²) < 4.78 is 0. The molecule has 0 radical (unpaired) electrons. The number of nitrogens with zero attached hydrogens (tertiary/aromatic N) is 1. The van der Waals surface area contributed by atoms with E-state index >= 15 is 0 Å². The molecule has 1 nitrogen and oxygen atoms in total. The lowest BCUT2D eigenvalue weighted by molar-refractivity contribution is 1.10. The highest BCUT2D eigenvalue weighted by Crippen LogP contribution is 2.07. The number of aromatic nitrogens is 1. The van der Waals surface area contributed by atoms with Gasteiger partial charge in [0.15, 0.2) is 0 Å². The van der Waals surface area contributed by atoms with Gasteiger partial charge in [-0.05, 0) is 31.5 Å².